The molecular weight excluding hydrogens is 522 g/mol. The average molecular weight is 542 g/mol. The van der Waals surface area contributed by atoms with Gasteiger partial charge < -0.3 is 14.2 Å². The number of nitrogens with one attached hydrogen (secondary N) is 1. The van der Waals surface area contributed by atoms with Crippen molar-refractivity contribution in [2.24, 2.45) is 5.10 Å². The third-order valence-electron chi connectivity index (χ3n) is 4.56. The number of carbonyl (C=O) groups is 2. The van der Waals surface area contributed by atoms with E-state index in [-0.39, 0.29) is 22.9 Å². The van der Waals surface area contributed by atoms with Crippen molar-refractivity contribution in [3.8, 4) is 17.2 Å². The van der Waals surface area contributed by atoms with Crippen molar-refractivity contribution >= 4 is 39.7 Å². The molecule has 0 atom stereocenters. The van der Waals surface area contributed by atoms with E-state index in [0.717, 1.165) is 0 Å². The highest BCUT2D eigenvalue weighted by Crippen LogP contribution is 2.29. The van der Waals surface area contributed by atoms with E-state index in [1.54, 1.807) is 49.4 Å². The molecule has 0 unspecified atom stereocenters. The first-order valence-corrected chi connectivity index (χ1v) is 10.9. The maximum atomic E-state index is 12.4. The van der Waals surface area contributed by atoms with Gasteiger partial charge in [-0.25, -0.2) is 10.2 Å². The van der Waals surface area contributed by atoms with Crippen LogP contribution in [0.4, 0.5) is 5.69 Å². The second-order valence-corrected chi connectivity index (χ2v) is 7.94. The molecule has 3 rings (SSSR count). The van der Waals surface area contributed by atoms with Gasteiger partial charge in [0.05, 0.1) is 23.8 Å². The van der Waals surface area contributed by atoms with Gasteiger partial charge in [-0.3, -0.25) is 14.9 Å². The standard InChI is InChI=1S/C24H20BrN3O7/c1-15-7-9-20(19(11-15)28(31)32)34-14-23(29)27-26-13-16-8-10-21(22(12-16)33-2)35-24(30)17-5-3-4-6-18(17)25/h3-13H,14H2,1-2H3,(H,27,29)/b26-13-. The topological polar surface area (TPSA) is 129 Å². The third-order valence-corrected chi connectivity index (χ3v) is 5.25. The molecule has 0 aliphatic rings. The maximum Gasteiger partial charge on any atom is 0.344 e. The highest BCUT2D eigenvalue weighted by molar-refractivity contribution is 9.10. The molecule has 180 valence electrons. The molecule has 35 heavy (non-hydrogen) atoms. The number of esters is 1. The molecule has 1 N–H and O–H groups in total. The number of nitrogens with zero attached hydrogens (tertiary/aromatic N) is 2. The Morgan fingerprint density at radius 1 is 1.09 bits per heavy atom. The fourth-order valence-corrected chi connectivity index (χ4v) is 3.32. The largest absolute Gasteiger partial charge is 0.493 e. The van der Waals surface area contributed by atoms with Crippen molar-refractivity contribution in [2.75, 3.05) is 13.7 Å². The Kier molecular flexibility index (Phi) is 8.52. The van der Waals surface area contributed by atoms with E-state index < -0.39 is 23.4 Å². The van der Waals surface area contributed by atoms with Crippen molar-refractivity contribution in [2.45, 2.75) is 6.92 Å². The zero-order chi connectivity index (χ0) is 25.4. The number of hydrogen-bond acceptors (Lipinski definition) is 8. The van der Waals surface area contributed by atoms with Gasteiger partial charge in [-0.15, -0.1) is 0 Å². The molecule has 0 saturated heterocycles. The number of hydrogen-bond donors (Lipinski definition) is 1. The number of hydrazone groups is 1. The van der Waals surface area contributed by atoms with E-state index in [1.807, 2.05) is 0 Å². The van der Waals surface area contributed by atoms with Gasteiger partial charge in [-0.1, -0.05) is 18.2 Å². The van der Waals surface area contributed by atoms with Crippen LogP contribution >= 0.6 is 15.9 Å². The second kappa shape index (κ2) is 11.7. The minimum absolute atomic E-state index is 0.0165. The number of rotatable bonds is 9. The number of amides is 1. The minimum Gasteiger partial charge on any atom is -0.493 e. The van der Waals surface area contributed by atoms with E-state index in [4.69, 9.17) is 14.2 Å². The van der Waals surface area contributed by atoms with Crippen LogP contribution < -0.4 is 19.6 Å². The highest BCUT2D eigenvalue weighted by Gasteiger charge is 2.17. The molecule has 10 nitrogen and oxygen atoms in total. The molecule has 0 aliphatic heterocycles. The summed E-state index contributed by atoms with van der Waals surface area (Å²) in [5.74, 6) is -0.685. The molecule has 0 aromatic heterocycles. The number of nitro groups is 1. The van der Waals surface area contributed by atoms with Gasteiger partial charge in [0.2, 0.25) is 0 Å². The summed E-state index contributed by atoms with van der Waals surface area (Å²) in [5, 5.41) is 15.0. The molecule has 0 heterocycles. The van der Waals surface area contributed by atoms with Crippen LogP contribution in [0.2, 0.25) is 0 Å². The molecule has 0 spiro atoms. The van der Waals surface area contributed by atoms with E-state index in [1.165, 1.54) is 31.5 Å². The van der Waals surface area contributed by atoms with Crippen LogP contribution in [-0.4, -0.2) is 36.7 Å². The first-order valence-electron chi connectivity index (χ1n) is 10.1. The van der Waals surface area contributed by atoms with Crippen molar-refractivity contribution in [1.29, 1.82) is 0 Å². The van der Waals surface area contributed by atoms with Crippen LogP contribution in [0.5, 0.6) is 17.2 Å². The summed E-state index contributed by atoms with van der Waals surface area (Å²) in [6.45, 7) is 1.25. The number of carbonyl (C=O) groups excluding carboxylic acids is 2. The lowest BCUT2D eigenvalue weighted by molar-refractivity contribution is -0.385. The normalized spacial score (nSPS) is 10.6. The Labute approximate surface area is 208 Å². The van der Waals surface area contributed by atoms with Gasteiger partial charge in [-0.05, 0) is 70.4 Å². The van der Waals surface area contributed by atoms with Gasteiger partial charge in [-0.2, -0.15) is 5.10 Å². The first-order chi connectivity index (χ1) is 16.8. The Bertz CT molecular complexity index is 1290. The number of nitro benzene ring substituents is 1. The average Bonchev–Trinajstić information content (AvgIpc) is 2.84. The lowest BCUT2D eigenvalue weighted by Gasteiger charge is -2.10. The molecule has 0 saturated carbocycles. The summed E-state index contributed by atoms with van der Waals surface area (Å²) in [4.78, 5) is 35.0. The molecule has 0 bridgehead atoms. The van der Waals surface area contributed by atoms with E-state index >= 15 is 0 Å². The lowest BCUT2D eigenvalue weighted by Crippen LogP contribution is -2.24. The molecule has 0 aliphatic carbocycles. The number of benzene rings is 3. The Hall–Kier alpha value is -4.25. The monoisotopic (exact) mass is 541 g/mol. The van der Waals surface area contributed by atoms with Crippen molar-refractivity contribution in [1.82, 2.24) is 5.43 Å². The summed E-state index contributed by atoms with van der Waals surface area (Å²) in [6, 6.07) is 16.0. The predicted molar refractivity (Wildman–Crippen MR) is 131 cm³/mol. The van der Waals surface area contributed by atoms with Crippen LogP contribution in [0.15, 0.2) is 70.2 Å². The molecule has 0 radical (unpaired) electrons. The van der Waals surface area contributed by atoms with Gasteiger partial charge in [0.1, 0.15) is 0 Å². The second-order valence-electron chi connectivity index (χ2n) is 7.09. The lowest BCUT2D eigenvalue weighted by atomic mass is 10.2. The van der Waals surface area contributed by atoms with Gasteiger partial charge >= 0.3 is 11.7 Å². The Balaban J connectivity index is 1.59. The minimum atomic E-state index is -0.609. The fourth-order valence-electron chi connectivity index (χ4n) is 2.88. The van der Waals surface area contributed by atoms with Crippen molar-refractivity contribution in [3.63, 3.8) is 0 Å². The molecule has 3 aromatic carbocycles. The summed E-state index contributed by atoms with van der Waals surface area (Å²) in [6.07, 6.45) is 1.36. The van der Waals surface area contributed by atoms with Gasteiger partial charge in [0, 0.05) is 10.5 Å². The number of ether oxygens (including phenoxy) is 3. The quantitative estimate of drug-likeness (QED) is 0.139. The first kappa shape index (κ1) is 25.4. The smallest absolute Gasteiger partial charge is 0.344 e. The number of aryl methyl sites for hydroxylation is 1. The van der Waals surface area contributed by atoms with Crippen LogP contribution in [0, 0.1) is 17.0 Å². The van der Waals surface area contributed by atoms with E-state index in [0.29, 0.717) is 21.2 Å². The van der Waals surface area contributed by atoms with Crippen LogP contribution in [0.3, 0.4) is 0 Å². The third kappa shape index (κ3) is 6.87. The summed E-state index contributed by atoms with van der Waals surface area (Å²) in [7, 11) is 1.43. The fraction of sp³-hybridized carbons (Fsp3) is 0.125. The highest BCUT2D eigenvalue weighted by atomic mass is 79.9. The van der Waals surface area contributed by atoms with Crippen LogP contribution in [0.1, 0.15) is 21.5 Å². The van der Waals surface area contributed by atoms with Crippen molar-refractivity contribution in [3.05, 3.63) is 91.9 Å². The zero-order valence-electron chi connectivity index (χ0n) is 18.7. The Morgan fingerprint density at radius 3 is 2.54 bits per heavy atom. The molecule has 0 fully saturated rings. The van der Waals surface area contributed by atoms with Gasteiger partial charge in [0.25, 0.3) is 5.91 Å². The number of halogens is 1. The van der Waals surface area contributed by atoms with Gasteiger partial charge in [0.15, 0.2) is 23.9 Å². The molecule has 11 heteroatoms. The molecular formula is C24H20BrN3O7. The maximum absolute atomic E-state index is 12.4. The molecule has 1 amide bonds. The predicted octanol–water partition coefficient (Wildman–Crippen LogP) is 4.42. The summed E-state index contributed by atoms with van der Waals surface area (Å²) < 4.78 is 16.6. The number of methoxy groups -OCH3 is 1. The summed E-state index contributed by atoms with van der Waals surface area (Å²) in [5.41, 5.74) is 3.66. The van der Waals surface area contributed by atoms with E-state index in [9.17, 15) is 19.7 Å². The zero-order valence-corrected chi connectivity index (χ0v) is 20.3. The molecule has 3 aromatic rings. The van der Waals surface area contributed by atoms with Crippen molar-refractivity contribution < 1.29 is 28.7 Å². The van der Waals surface area contributed by atoms with Crippen LogP contribution in [-0.2, 0) is 4.79 Å². The van der Waals surface area contributed by atoms with E-state index in [2.05, 4.69) is 26.5 Å². The van der Waals surface area contributed by atoms with Crippen LogP contribution in [0.25, 0.3) is 0 Å². The summed E-state index contributed by atoms with van der Waals surface area (Å²) >= 11 is 3.31. The SMILES string of the molecule is COc1cc(/C=N\NC(=O)COc2ccc(C)cc2[N+](=O)[O-])ccc1OC(=O)c1ccccc1Br. The Morgan fingerprint density at radius 2 is 1.83 bits per heavy atom.